The maximum Gasteiger partial charge on any atom is 0.408 e. The second-order valence-electron chi connectivity index (χ2n) is 5.76. The molecular formula is C15H24N2O3. The maximum atomic E-state index is 11.9. The molecule has 0 aliphatic heterocycles. The smallest absolute Gasteiger partial charge is 0.408 e. The third-order valence-electron chi connectivity index (χ3n) is 2.67. The molecule has 0 aliphatic carbocycles. The number of carbonyl (C=O) groups is 1. The SMILES string of the molecule is COc1ccc([C@H](NC(=O)OC(C)(C)C)[C@H](C)N)cc1. The van der Waals surface area contributed by atoms with Crippen LogP contribution in [0.5, 0.6) is 5.75 Å². The predicted octanol–water partition coefficient (Wildman–Crippen LogP) is 2.61. The Balaban J connectivity index is 2.81. The van der Waals surface area contributed by atoms with Crippen molar-refractivity contribution in [2.45, 2.75) is 45.4 Å². The second kappa shape index (κ2) is 6.61. The van der Waals surface area contributed by atoms with Crippen LogP contribution in [0, 0.1) is 0 Å². The first-order valence-corrected chi connectivity index (χ1v) is 6.62. The largest absolute Gasteiger partial charge is 0.497 e. The first-order chi connectivity index (χ1) is 9.23. The normalized spacial score (nSPS) is 14.3. The summed E-state index contributed by atoms with van der Waals surface area (Å²) in [5.74, 6) is 0.759. The number of hydrogen-bond acceptors (Lipinski definition) is 4. The second-order valence-corrected chi connectivity index (χ2v) is 5.76. The Kier molecular flexibility index (Phi) is 5.39. The molecule has 0 aromatic heterocycles. The number of ether oxygens (including phenoxy) is 2. The predicted molar refractivity (Wildman–Crippen MR) is 78.8 cm³/mol. The third kappa shape index (κ3) is 5.09. The standard InChI is InChI=1S/C15H24N2O3/c1-10(16)13(17-14(18)20-15(2,3)4)11-6-8-12(19-5)9-7-11/h6-10,13H,16H2,1-5H3,(H,17,18)/t10-,13+/m0/s1. The van der Waals surface area contributed by atoms with Gasteiger partial charge in [-0.05, 0) is 45.4 Å². The zero-order valence-electron chi connectivity index (χ0n) is 12.8. The molecular weight excluding hydrogens is 256 g/mol. The van der Waals surface area contributed by atoms with Crippen molar-refractivity contribution >= 4 is 6.09 Å². The summed E-state index contributed by atoms with van der Waals surface area (Å²) >= 11 is 0. The number of nitrogens with one attached hydrogen (secondary N) is 1. The molecule has 0 heterocycles. The van der Waals surface area contributed by atoms with E-state index in [1.807, 2.05) is 52.0 Å². The van der Waals surface area contributed by atoms with Gasteiger partial charge in [0, 0.05) is 6.04 Å². The fourth-order valence-electron chi connectivity index (χ4n) is 1.76. The van der Waals surface area contributed by atoms with Crippen molar-refractivity contribution in [2.24, 2.45) is 5.73 Å². The van der Waals surface area contributed by atoms with E-state index in [4.69, 9.17) is 15.2 Å². The third-order valence-corrected chi connectivity index (χ3v) is 2.67. The van der Waals surface area contributed by atoms with Crippen molar-refractivity contribution in [3.05, 3.63) is 29.8 Å². The molecule has 20 heavy (non-hydrogen) atoms. The van der Waals surface area contributed by atoms with Crippen LogP contribution in [0.25, 0.3) is 0 Å². The molecule has 1 rings (SSSR count). The lowest BCUT2D eigenvalue weighted by atomic mass is 10.0. The zero-order valence-corrected chi connectivity index (χ0v) is 12.8. The summed E-state index contributed by atoms with van der Waals surface area (Å²) in [6.45, 7) is 7.30. The van der Waals surface area contributed by atoms with Crippen LogP contribution in [0.15, 0.2) is 24.3 Å². The van der Waals surface area contributed by atoms with E-state index in [0.29, 0.717) is 0 Å². The van der Waals surface area contributed by atoms with Gasteiger partial charge in [0.05, 0.1) is 13.2 Å². The lowest BCUT2D eigenvalue weighted by Crippen LogP contribution is -2.41. The van der Waals surface area contributed by atoms with Gasteiger partial charge in [-0.2, -0.15) is 0 Å². The van der Waals surface area contributed by atoms with Crippen LogP contribution < -0.4 is 15.8 Å². The van der Waals surface area contributed by atoms with Crippen LogP contribution >= 0.6 is 0 Å². The van der Waals surface area contributed by atoms with Crippen LogP contribution in [0.1, 0.15) is 39.3 Å². The van der Waals surface area contributed by atoms with Gasteiger partial charge in [0.25, 0.3) is 0 Å². The van der Waals surface area contributed by atoms with Crippen molar-refractivity contribution in [1.29, 1.82) is 0 Å². The molecule has 0 radical (unpaired) electrons. The van der Waals surface area contributed by atoms with Crippen molar-refractivity contribution in [2.75, 3.05) is 7.11 Å². The first kappa shape index (κ1) is 16.3. The highest BCUT2D eigenvalue weighted by Gasteiger charge is 2.22. The van der Waals surface area contributed by atoms with Gasteiger partial charge in [-0.3, -0.25) is 0 Å². The Labute approximate surface area is 120 Å². The van der Waals surface area contributed by atoms with Gasteiger partial charge in [0.2, 0.25) is 0 Å². The zero-order chi connectivity index (χ0) is 15.3. The van der Waals surface area contributed by atoms with E-state index in [1.54, 1.807) is 7.11 Å². The van der Waals surface area contributed by atoms with Crippen LogP contribution in [0.3, 0.4) is 0 Å². The maximum absolute atomic E-state index is 11.9. The van der Waals surface area contributed by atoms with Crippen LogP contribution in [0.2, 0.25) is 0 Å². The molecule has 1 aromatic carbocycles. The van der Waals surface area contributed by atoms with Crippen molar-refractivity contribution < 1.29 is 14.3 Å². The van der Waals surface area contributed by atoms with Gasteiger partial charge in [-0.1, -0.05) is 12.1 Å². The molecule has 5 heteroatoms. The van der Waals surface area contributed by atoms with Crippen molar-refractivity contribution in [3.63, 3.8) is 0 Å². The van der Waals surface area contributed by atoms with E-state index in [9.17, 15) is 4.79 Å². The summed E-state index contributed by atoms with van der Waals surface area (Å²) < 4.78 is 10.4. The van der Waals surface area contributed by atoms with Crippen molar-refractivity contribution in [1.82, 2.24) is 5.32 Å². The Morgan fingerprint density at radius 1 is 1.25 bits per heavy atom. The summed E-state index contributed by atoms with van der Waals surface area (Å²) in [5.41, 5.74) is 6.32. The van der Waals surface area contributed by atoms with Crippen molar-refractivity contribution in [3.8, 4) is 5.75 Å². The Morgan fingerprint density at radius 3 is 2.20 bits per heavy atom. The summed E-state index contributed by atoms with van der Waals surface area (Å²) in [7, 11) is 1.61. The minimum Gasteiger partial charge on any atom is -0.497 e. The molecule has 112 valence electrons. The Morgan fingerprint density at radius 2 is 1.80 bits per heavy atom. The highest BCUT2D eigenvalue weighted by atomic mass is 16.6. The van der Waals surface area contributed by atoms with Gasteiger partial charge in [0.15, 0.2) is 0 Å². The van der Waals surface area contributed by atoms with Crippen LogP contribution in [-0.4, -0.2) is 24.8 Å². The number of nitrogens with two attached hydrogens (primary N) is 1. The number of hydrogen-bond donors (Lipinski definition) is 2. The molecule has 0 saturated heterocycles. The van der Waals surface area contributed by atoms with Gasteiger partial charge in [-0.25, -0.2) is 4.79 Å². The summed E-state index contributed by atoms with van der Waals surface area (Å²) in [5, 5.41) is 2.80. The Bertz CT molecular complexity index is 435. The summed E-state index contributed by atoms with van der Waals surface area (Å²) in [6.07, 6.45) is -0.476. The number of methoxy groups -OCH3 is 1. The van der Waals surface area contributed by atoms with E-state index >= 15 is 0 Å². The van der Waals surface area contributed by atoms with E-state index < -0.39 is 11.7 Å². The molecule has 0 saturated carbocycles. The van der Waals surface area contributed by atoms with Crippen LogP contribution in [-0.2, 0) is 4.74 Å². The average molecular weight is 280 g/mol. The van der Waals surface area contributed by atoms with Crippen LogP contribution in [0.4, 0.5) is 4.79 Å². The fourth-order valence-corrected chi connectivity index (χ4v) is 1.76. The molecule has 2 atom stereocenters. The Hall–Kier alpha value is -1.75. The van der Waals surface area contributed by atoms with E-state index in [0.717, 1.165) is 11.3 Å². The highest BCUT2D eigenvalue weighted by molar-refractivity contribution is 5.68. The molecule has 1 amide bonds. The minimum atomic E-state index is -0.535. The monoisotopic (exact) mass is 280 g/mol. The van der Waals surface area contributed by atoms with Gasteiger partial charge in [0.1, 0.15) is 11.4 Å². The molecule has 1 aromatic rings. The topological polar surface area (TPSA) is 73.6 Å². The molecule has 0 bridgehead atoms. The molecule has 0 unspecified atom stereocenters. The average Bonchev–Trinajstić information content (AvgIpc) is 2.34. The summed E-state index contributed by atoms with van der Waals surface area (Å²) in [6, 6.07) is 6.88. The minimum absolute atomic E-state index is 0.240. The lowest BCUT2D eigenvalue weighted by Gasteiger charge is -2.26. The molecule has 3 N–H and O–H groups in total. The lowest BCUT2D eigenvalue weighted by molar-refractivity contribution is 0.0497. The molecule has 0 fully saturated rings. The first-order valence-electron chi connectivity index (χ1n) is 6.62. The van der Waals surface area contributed by atoms with E-state index in [2.05, 4.69) is 5.32 Å². The highest BCUT2D eigenvalue weighted by Crippen LogP contribution is 2.20. The van der Waals surface area contributed by atoms with E-state index in [-0.39, 0.29) is 12.1 Å². The number of carbonyl (C=O) groups excluding carboxylic acids is 1. The number of amides is 1. The van der Waals surface area contributed by atoms with Gasteiger partial charge < -0.3 is 20.5 Å². The van der Waals surface area contributed by atoms with E-state index in [1.165, 1.54) is 0 Å². The number of alkyl carbamates (subject to hydrolysis) is 1. The van der Waals surface area contributed by atoms with Gasteiger partial charge >= 0.3 is 6.09 Å². The summed E-state index contributed by atoms with van der Waals surface area (Å²) in [4.78, 5) is 11.9. The van der Waals surface area contributed by atoms with Gasteiger partial charge in [-0.15, -0.1) is 0 Å². The molecule has 5 nitrogen and oxygen atoms in total. The molecule has 0 aliphatic rings. The molecule has 0 spiro atoms. The quantitative estimate of drug-likeness (QED) is 0.889. The number of benzene rings is 1. The number of rotatable bonds is 4. The fraction of sp³-hybridized carbons (Fsp3) is 0.533.